The van der Waals surface area contributed by atoms with Crippen molar-refractivity contribution in [3.05, 3.63) is 81.6 Å². The normalized spacial score (nSPS) is 17.9. The number of nitrogens with zero attached hydrogens (tertiary/aromatic N) is 2. The second kappa shape index (κ2) is 14.8. The minimum atomic E-state index is -4.16. The molecular formula is C32H36Cl2N3O7S2+. The van der Waals surface area contributed by atoms with E-state index in [1.807, 2.05) is 0 Å². The van der Waals surface area contributed by atoms with Gasteiger partial charge in [-0.25, -0.2) is 18.2 Å². The van der Waals surface area contributed by atoms with Gasteiger partial charge in [0.15, 0.2) is 29.3 Å². The smallest absolute Gasteiger partial charge is 0.335 e. The van der Waals surface area contributed by atoms with Gasteiger partial charge in [-0.05, 0) is 61.6 Å². The summed E-state index contributed by atoms with van der Waals surface area (Å²) in [5.41, 5.74) is 1.38. The largest absolute Gasteiger partial charge is 0.493 e. The molecule has 0 spiro atoms. The van der Waals surface area contributed by atoms with Crippen molar-refractivity contribution >= 4 is 56.9 Å². The van der Waals surface area contributed by atoms with E-state index in [4.69, 9.17) is 37.4 Å². The van der Waals surface area contributed by atoms with Gasteiger partial charge in [-0.3, -0.25) is 4.79 Å². The van der Waals surface area contributed by atoms with E-state index in [2.05, 4.69) is 4.98 Å². The van der Waals surface area contributed by atoms with Gasteiger partial charge in [0.2, 0.25) is 10.0 Å². The topological polar surface area (TPSA) is 117 Å². The number of amides is 1. The minimum absolute atomic E-state index is 0.0545. The molecule has 0 radical (unpaired) electrons. The molecule has 1 amide bonds. The van der Waals surface area contributed by atoms with Crippen molar-refractivity contribution in [2.24, 2.45) is 0 Å². The molecule has 1 aliphatic carbocycles. The summed E-state index contributed by atoms with van der Waals surface area (Å²) >= 11 is 14.2. The van der Waals surface area contributed by atoms with Crippen molar-refractivity contribution in [2.75, 3.05) is 33.5 Å². The quantitative estimate of drug-likeness (QED) is 0.242. The lowest BCUT2D eigenvalue weighted by Gasteiger charge is -2.26. The predicted octanol–water partition coefficient (Wildman–Crippen LogP) is 5.43. The molecule has 46 heavy (non-hydrogen) atoms. The maximum absolute atomic E-state index is 13.9. The Bertz CT molecular complexity index is 1680. The number of halogens is 2. The number of aromatic amines is 1. The molecule has 5 rings (SSSR count). The van der Waals surface area contributed by atoms with Gasteiger partial charge in [0.25, 0.3) is 5.91 Å². The molecule has 10 nitrogen and oxygen atoms in total. The summed E-state index contributed by atoms with van der Waals surface area (Å²) in [6.45, 7) is 0.0946. The Kier molecular flexibility index (Phi) is 11.0. The molecular weight excluding hydrogens is 673 g/mol. The highest BCUT2D eigenvalue weighted by atomic mass is 35.5. The molecule has 246 valence electrons. The highest BCUT2D eigenvalue weighted by Crippen LogP contribution is 2.39. The number of hydrogen-bond donors (Lipinski definition) is 0. The Balaban J connectivity index is 1.45. The summed E-state index contributed by atoms with van der Waals surface area (Å²) < 4.78 is 46.8. The lowest BCUT2D eigenvalue weighted by molar-refractivity contribution is -0.377. The van der Waals surface area contributed by atoms with Crippen LogP contribution >= 0.6 is 35.0 Å². The average Bonchev–Trinajstić information content (AvgIpc) is 3.75. The lowest BCUT2D eigenvalue weighted by Crippen LogP contribution is -2.40. The fourth-order valence-electron chi connectivity index (χ4n) is 5.52. The number of esters is 1. The first-order valence-corrected chi connectivity index (χ1v) is 18.1. The van der Waals surface area contributed by atoms with Crippen molar-refractivity contribution < 1.29 is 37.2 Å². The van der Waals surface area contributed by atoms with Crippen LogP contribution in [0, 0.1) is 0 Å². The summed E-state index contributed by atoms with van der Waals surface area (Å²) in [6.07, 6.45) is 6.49. The number of H-pyrrole nitrogens is 1. The molecule has 0 bridgehead atoms. The number of carbonyl (C=O) groups excluding carboxylic acids is 2. The second-order valence-corrected chi connectivity index (χ2v) is 15.2. The number of thioether (sulfide) groups is 1. The molecule has 1 saturated carbocycles. The first-order valence-electron chi connectivity index (χ1n) is 14.8. The molecule has 1 saturated heterocycles. The van der Waals surface area contributed by atoms with Crippen molar-refractivity contribution in [1.29, 1.82) is 0 Å². The van der Waals surface area contributed by atoms with Crippen molar-refractivity contribution in [1.82, 2.24) is 9.21 Å². The molecule has 2 aliphatic rings. The first-order chi connectivity index (χ1) is 22.0. The van der Waals surface area contributed by atoms with Crippen LogP contribution in [0.5, 0.6) is 11.5 Å². The van der Waals surface area contributed by atoms with Gasteiger partial charge >= 0.3 is 5.97 Å². The summed E-state index contributed by atoms with van der Waals surface area (Å²) in [7, 11) is 0.578. The van der Waals surface area contributed by atoms with Crippen LogP contribution in [0.1, 0.15) is 53.3 Å². The first kappa shape index (κ1) is 34.3. The molecule has 1 unspecified atom stereocenters. The highest BCUT2D eigenvalue weighted by molar-refractivity contribution is 8.02. The van der Waals surface area contributed by atoms with Crippen LogP contribution in [0.15, 0.2) is 59.8 Å². The Labute approximate surface area is 283 Å². The maximum atomic E-state index is 13.9. The number of methoxy groups -OCH3 is 1. The SMILES string of the molecule is COc1ccc(C(Cc2c(Cl)c[nH+]cc2Cl)OC(=O)[C@@H]2SCCN2S(=O)(=O)c2cccc(C(=O)N(C)C)c2)cc1OC1CCCC1. The van der Waals surface area contributed by atoms with Crippen LogP contribution in [0.3, 0.4) is 0 Å². The second-order valence-electron chi connectivity index (χ2n) is 11.3. The van der Waals surface area contributed by atoms with E-state index in [0.29, 0.717) is 38.4 Å². The zero-order valence-corrected chi connectivity index (χ0v) is 28.8. The van der Waals surface area contributed by atoms with Crippen LogP contribution in [0.25, 0.3) is 0 Å². The number of nitrogens with one attached hydrogen (secondary N) is 1. The number of pyridine rings is 1. The number of sulfonamides is 1. The van der Waals surface area contributed by atoms with Gasteiger partial charge in [-0.1, -0.05) is 35.3 Å². The van der Waals surface area contributed by atoms with Crippen LogP contribution in [-0.4, -0.2) is 74.5 Å². The fourth-order valence-corrected chi connectivity index (χ4v) is 9.15. The van der Waals surface area contributed by atoms with E-state index in [-0.39, 0.29) is 35.4 Å². The van der Waals surface area contributed by atoms with Crippen molar-refractivity contribution in [3.8, 4) is 11.5 Å². The highest BCUT2D eigenvalue weighted by Gasteiger charge is 2.42. The molecule has 2 heterocycles. The van der Waals surface area contributed by atoms with Gasteiger partial charge in [0.1, 0.15) is 16.1 Å². The Morgan fingerprint density at radius 1 is 1.07 bits per heavy atom. The fraction of sp³-hybridized carbons (Fsp3) is 0.406. The summed E-state index contributed by atoms with van der Waals surface area (Å²) in [5, 5.41) is -0.435. The molecule has 2 aromatic carbocycles. The zero-order chi connectivity index (χ0) is 33.0. The number of ether oxygens (including phenoxy) is 3. The van der Waals surface area contributed by atoms with E-state index in [9.17, 15) is 18.0 Å². The standard InChI is InChI=1S/C32H35Cl2N3O7S2/c1-36(2)30(38)21-7-6-10-23(15-21)46(40,41)37-13-14-45-31(37)32(39)44-28(17-24-25(33)18-35-19-26(24)34)20-11-12-27(42-3)29(16-20)43-22-8-4-5-9-22/h6-7,10-12,15-16,18-19,22,28,31H,4-5,8-9,13-14,17H2,1-3H3/p+1/t28?,31-/m0/s1. The van der Waals surface area contributed by atoms with Crippen LogP contribution in [0.2, 0.25) is 10.0 Å². The third-order valence-electron chi connectivity index (χ3n) is 7.94. The number of aromatic nitrogens is 1. The lowest BCUT2D eigenvalue weighted by atomic mass is 10.0. The van der Waals surface area contributed by atoms with E-state index in [0.717, 1.165) is 30.0 Å². The van der Waals surface area contributed by atoms with Crippen LogP contribution < -0.4 is 14.5 Å². The van der Waals surface area contributed by atoms with E-state index < -0.39 is 27.5 Å². The zero-order valence-electron chi connectivity index (χ0n) is 25.7. The number of benzene rings is 2. The van der Waals surface area contributed by atoms with E-state index in [1.54, 1.807) is 57.9 Å². The third kappa shape index (κ3) is 7.57. The van der Waals surface area contributed by atoms with Crippen molar-refractivity contribution in [2.45, 2.75) is 54.6 Å². The molecule has 2 fully saturated rings. The van der Waals surface area contributed by atoms with Crippen LogP contribution in [-0.2, 0) is 26.0 Å². The molecule has 14 heteroatoms. The summed E-state index contributed by atoms with van der Waals surface area (Å²) in [5.74, 6) is 0.384. The van der Waals surface area contributed by atoms with Gasteiger partial charge in [-0.2, -0.15) is 4.31 Å². The number of hydrogen-bond acceptors (Lipinski definition) is 8. The molecule has 3 aromatic rings. The van der Waals surface area contributed by atoms with Crippen molar-refractivity contribution in [3.63, 3.8) is 0 Å². The summed E-state index contributed by atoms with van der Waals surface area (Å²) in [4.78, 5) is 30.6. The van der Waals surface area contributed by atoms with Gasteiger partial charge in [0.05, 0.1) is 18.1 Å². The minimum Gasteiger partial charge on any atom is -0.493 e. The predicted molar refractivity (Wildman–Crippen MR) is 176 cm³/mol. The summed E-state index contributed by atoms with van der Waals surface area (Å²) in [6, 6.07) is 11.1. The average molecular weight is 710 g/mol. The molecule has 1 aliphatic heterocycles. The monoisotopic (exact) mass is 708 g/mol. The van der Waals surface area contributed by atoms with Gasteiger partial charge < -0.3 is 19.1 Å². The number of rotatable bonds is 11. The molecule has 1 aromatic heterocycles. The van der Waals surface area contributed by atoms with Crippen LogP contribution in [0.4, 0.5) is 0 Å². The molecule has 2 atom stereocenters. The Morgan fingerprint density at radius 2 is 1.78 bits per heavy atom. The maximum Gasteiger partial charge on any atom is 0.335 e. The van der Waals surface area contributed by atoms with Gasteiger partial charge in [0, 0.05) is 43.9 Å². The Morgan fingerprint density at radius 3 is 2.46 bits per heavy atom. The Hall–Kier alpha value is -3.03. The van der Waals surface area contributed by atoms with Gasteiger partial charge in [-0.15, -0.1) is 11.8 Å². The van der Waals surface area contributed by atoms with E-state index in [1.165, 1.54) is 34.9 Å². The van der Waals surface area contributed by atoms with E-state index >= 15 is 0 Å². The number of carbonyl (C=O) groups is 2. The molecule has 1 N–H and O–H groups in total. The third-order valence-corrected chi connectivity index (χ3v) is 11.8.